The lowest BCUT2D eigenvalue weighted by atomic mass is 10.2. The fourth-order valence-electron chi connectivity index (χ4n) is 1.45. The Balaban J connectivity index is 2.20. The van der Waals surface area contributed by atoms with E-state index in [1.54, 1.807) is 30.2 Å². The molecule has 0 radical (unpaired) electrons. The minimum Gasteiger partial charge on any atom is -0.389 e. The lowest BCUT2D eigenvalue weighted by molar-refractivity contribution is -0.122. The van der Waals surface area contributed by atoms with E-state index in [4.69, 9.17) is 10.5 Å². The summed E-state index contributed by atoms with van der Waals surface area (Å²) < 4.78 is 5.40. The van der Waals surface area contributed by atoms with E-state index in [1.165, 1.54) is 0 Å². The first-order valence-corrected chi connectivity index (χ1v) is 6.66. The number of carbonyl (C=O) groups excluding carboxylic acids is 1. The Hall–Kier alpha value is -0.950. The Morgan fingerprint density at radius 3 is 2.94 bits per heavy atom. The minimum absolute atomic E-state index is 0.244. The highest BCUT2D eigenvalue weighted by atomic mass is 32.1. The minimum atomic E-state index is -0.628. The van der Waals surface area contributed by atoms with Crippen LogP contribution in [-0.4, -0.2) is 48.3 Å². The zero-order chi connectivity index (χ0) is 13.5. The first-order valence-electron chi connectivity index (χ1n) is 5.78. The number of hydrogen-bond donors (Lipinski definition) is 2. The smallest absolute Gasteiger partial charge is 0.234 e. The van der Waals surface area contributed by atoms with Crippen molar-refractivity contribution in [1.29, 1.82) is 0 Å². The van der Waals surface area contributed by atoms with Crippen molar-refractivity contribution in [2.45, 2.75) is 25.7 Å². The summed E-state index contributed by atoms with van der Waals surface area (Å²) in [6.07, 6.45) is -0.628. The van der Waals surface area contributed by atoms with Crippen molar-refractivity contribution >= 4 is 17.2 Å². The predicted octanol–water partition coefficient (Wildman–Crippen LogP) is 0.431. The van der Waals surface area contributed by atoms with E-state index in [1.807, 2.05) is 17.5 Å². The van der Waals surface area contributed by atoms with Gasteiger partial charge in [-0.3, -0.25) is 9.69 Å². The standard InChI is InChI=1S/C12H20N2O3S/c1-9(12(13)16)14(2)6-10(15)7-17-8-11-4-3-5-18-11/h3-5,9-10,15H,6-8H2,1-2H3,(H2,13,16)/t9-,10?/m1/s1. The van der Waals surface area contributed by atoms with Crippen LogP contribution in [0.25, 0.3) is 0 Å². The van der Waals surface area contributed by atoms with Crippen molar-refractivity contribution < 1.29 is 14.6 Å². The van der Waals surface area contributed by atoms with Crippen LogP contribution in [0.4, 0.5) is 0 Å². The number of nitrogens with zero attached hydrogens (tertiary/aromatic N) is 1. The number of amides is 1. The van der Waals surface area contributed by atoms with Gasteiger partial charge in [-0.1, -0.05) is 6.07 Å². The molecule has 1 unspecified atom stereocenters. The van der Waals surface area contributed by atoms with Crippen LogP contribution in [0, 0.1) is 0 Å². The molecule has 1 amide bonds. The first-order chi connectivity index (χ1) is 8.50. The lowest BCUT2D eigenvalue weighted by Crippen LogP contribution is -2.44. The van der Waals surface area contributed by atoms with Crippen LogP contribution < -0.4 is 5.73 Å². The summed E-state index contributed by atoms with van der Waals surface area (Å²) in [4.78, 5) is 13.8. The molecular formula is C12H20N2O3S. The van der Waals surface area contributed by atoms with Crippen molar-refractivity contribution in [3.8, 4) is 0 Å². The van der Waals surface area contributed by atoms with Crippen LogP contribution in [0.5, 0.6) is 0 Å². The molecule has 0 aromatic carbocycles. The van der Waals surface area contributed by atoms with Gasteiger partial charge in [-0.05, 0) is 25.4 Å². The summed E-state index contributed by atoms with van der Waals surface area (Å²) in [5, 5.41) is 11.7. The molecule has 0 saturated heterocycles. The van der Waals surface area contributed by atoms with E-state index >= 15 is 0 Å². The van der Waals surface area contributed by atoms with Gasteiger partial charge in [-0.2, -0.15) is 0 Å². The number of hydrogen-bond acceptors (Lipinski definition) is 5. The van der Waals surface area contributed by atoms with Crippen molar-refractivity contribution in [3.05, 3.63) is 22.4 Å². The lowest BCUT2D eigenvalue weighted by Gasteiger charge is -2.24. The summed E-state index contributed by atoms with van der Waals surface area (Å²) >= 11 is 1.62. The van der Waals surface area contributed by atoms with Gasteiger partial charge in [0.05, 0.1) is 25.4 Å². The highest BCUT2D eigenvalue weighted by Gasteiger charge is 2.17. The third-order valence-corrected chi connectivity index (χ3v) is 3.56. The molecule has 102 valence electrons. The van der Waals surface area contributed by atoms with Gasteiger partial charge >= 0.3 is 0 Å². The second kappa shape index (κ2) is 7.48. The molecule has 0 spiro atoms. The molecule has 1 rings (SSSR count). The number of thiophene rings is 1. The number of aliphatic hydroxyl groups is 1. The van der Waals surface area contributed by atoms with Crippen LogP contribution >= 0.6 is 11.3 Å². The van der Waals surface area contributed by atoms with E-state index < -0.39 is 18.1 Å². The summed E-state index contributed by atoms with van der Waals surface area (Å²) in [6.45, 7) is 2.81. The second-order valence-electron chi connectivity index (χ2n) is 4.27. The normalized spacial score (nSPS) is 14.7. The molecule has 3 N–H and O–H groups in total. The first kappa shape index (κ1) is 15.1. The Labute approximate surface area is 111 Å². The molecule has 1 aromatic heterocycles. The fourth-order valence-corrected chi connectivity index (χ4v) is 2.09. The average molecular weight is 272 g/mol. The Kier molecular flexibility index (Phi) is 6.28. The second-order valence-corrected chi connectivity index (χ2v) is 5.30. The van der Waals surface area contributed by atoms with Crippen molar-refractivity contribution in [2.24, 2.45) is 5.73 Å². The van der Waals surface area contributed by atoms with Crippen molar-refractivity contribution in [1.82, 2.24) is 4.90 Å². The summed E-state index contributed by atoms with van der Waals surface area (Å²) in [6, 6.07) is 3.55. The Morgan fingerprint density at radius 1 is 1.67 bits per heavy atom. The van der Waals surface area contributed by atoms with Gasteiger partial charge in [0.1, 0.15) is 0 Å². The molecule has 18 heavy (non-hydrogen) atoms. The zero-order valence-corrected chi connectivity index (χ0v) is 11.5. The highest BCUT2D eigenvalue weighted by molar-refractivity contribution is 7.09. The Bertz CT molecular complexity index is 356. The third kappa shape index (κ3) is 5.14. The molecule has 2 atom stereocenters. The highest BCUT2D eigenvalue weighted by Crippen LogP contribution is 2.09. The van der Waals surface area contributed by atoms with Crippen molar-refractivity contribution in [3.63, 3.8) is 0 Å². The number of aliphatic hydroxyl groups excluding tert-OH is 1. The third-order valence-electron chi connectivity index (χ3n) is 2.71. The molecule has 0 aliphatic heterocycles. The monoisotopic (exact) mass is 272 g/mol. The van der Waals surface area contributed by atoms with E-state index in [9.17, 15) is 9.90 Å². The van der Waals surface area contributed by atoms with Crippen LogP contribution in [0.1, 0.15) is 11.8 Å². The summed E-state index contributed by atoms with van der Waals surface area (Å²) in [7, 11) is 1.75. The van der Waals surface area contributed by atoms with Crippen LogP contribution in [0.2, 0.25) is 0 Å². The van der Waals surface area contributed by atoms with E-state index in [2.05, 4.69) is 0 Å². The van der Waals surface area contributed by atoms with Gasteiger partial charge in [-0.15, -0.1) is 11.3 Å². The molecule has 0 saturated carbocycles. The number of likely N-dealkylation sites (N-methyl/N-ethyl adjacent to an activating group) is 1. The molecule has 0 aliphatic carbocycles. The van der Waals surface area contributed by atoms with Gasteiger partial charge in [0.25, 0.3) is 0 Å². The molecule has 1 aromatic rings. The molecule has 0 fully saturated rings. The predicted molar refractivity (Wildman–Crippen MR) is 71.3 cm³/mol. The number of carbonyl (C=O) groups is 1. The molecule has 5 nitrogen and oxygen atoms in total. The van der Waals surface area contributed by atoms with E-state index in [0.29, 0.717) is 13.2 Å². The topological polar surface area (TPSA) is 75.8 Å². The molecular weight excluding hydrogens is 252 g/mol. The zero-order valence-electron chi connectivity index (χ0n) is 10.7. The Morgan fingerprint density at radius 2 is 2.39 bits per heavy atom. The van der Waals surface area contributed by atoms with Crippen LogP contribution in [0.15, 0.2) is 17.5 Å². The van der Waals surface area contributed by atoms with Gasteiger partial charge < -0.3 is 15.6 Å². The maximum atomic E-state index is 11.0. The summed E-state index contributed by atoms with van der Waals surface area (Å²) in [5.41, 5.74) is 5.18. The van der Waals surface area contributed by atoms with E-state index in [0.717, 1.165) is 4.88 Å². The maximum absolute atomic E-state index is 11.0. The summed E-state index contributed by atoms with van der Waals surface area (Å²) in [5.74, 6) is -0.399. The average Bonchev–Trinajstić information content (AvgIpc) is 2.80. The van der Waals surface area contributed by atoms with Crippen LogP contribution in [0.3, 0.4) is 0 Å². The quantitative estimate of drug-likeness (QED) is 0.719. The van der Waals surface area contributed by atoms with Gasteiger partial charge in [0.15, 0.2) is 0 Å². The molecule has 0 bridgehead atoms. The number of ether oxygens (including phenoxy) is 1. The number of rotatable bonds is 8. The molecule has 6 heteroatoms. The van der Waals surface area contributed by atoms with Gasteiger partial charge in [0.2, 0.25) is 5.91 Å². The fraction of sp³-hybridized carbons (Fsp3) is 0.583. The largest absolute Gasteiger partial charge is 0.389 e. The number of primary amides is 1. The SMILES string of the molecule is C[C@H](C(N)=O)N(C)CC(O)COCc1cccs1. The maximum Gasteiger partial charge on any atom is 0.234 e. The van der Waals surface area contributed by atoms with E-state index in [-0.39, 0.29) is 6.61 Å². The van der Waals surface area contributed by atoms with Crippen molar-refractivity contribution in [2.75, 3.05) is 20.2 Å². The number of nitrogens with two attached hydrogens (primary N) is 1. The van der Waals surface area contributed by atoms with Gasteiger partial charge in [0, 0.05) is 11.4 Å². The van der Waals surface area contributed by atoms with Gasteiger partial charge in [-0.25, -0.2) is 0 Å². The molecule has 0 aliphatic rings. The van der Waals surface area contributed by atoms with Crippen LogP contribution in [-0.2, 0) is 16.1 Å². The molecule has 1 heterocycles.